The van der Waals surface area contributed by atoms with Crippen LogP contribution in [0.2, 0.25) is 0 Å². The number of hydrogen-bond acceptors (Lipinski definition) is 8. The molecule has 0 atom stereocenters. The molecule has 0 amide bonds. The van der Waals surface area contributed by atoms with Crippen LogP contribution in [-0.2, 0) is 28.2 Å². The van der Waals surface area contributed by atoms with E-state index in [2.05, 4.69) is 8.37 Å². The summed E-state index contributed by atoms with van der Waals surface area (Å²) >= 11 is 0. The molecule has 0 aromatic rings. The van der Waals surface area contributed by atoms with Crippen LogP contribution in [0.4, 0.5) is 0 Å². The number of hydrogen-bond donors (Lipinski definition) is 2. The number of aliphatic hydroxyl groups excluding tert-OH is 2. The van der Waals surface area contributed by atoms with Gasteiger partial charge in [0, 0.05) is 13.2 Å². The number of ether oxygens (including phenoxy) is 2. The average molecular weight is 330 g/mol. The third-order valence-corrected chi connectivity index (χ3v) is 3.20. The highest BCUT2D eigenvalue weighted by Gasteiger charge is 2.10. The van der Waals surface area contributed by atoms with Crippen molar-refractivity contribution in [1.82, 2.24) is 0 Å². The largest absolute Gasteiger partial charge is 0.399 e. The number of unbranched alkanes of at least 4 members (excludes halogenated alkanes) is 2. The zero-order chi connectivity index (χ0) is 15.8. The van der Waals surface area contributed by atoms with Crippen molar-refractivity contribution in [3.8, 4) is 0 Å². The molecule has 0 rings (SSSR count). The van der Waals surface area contributed by atoms with Crippen LogP contribution in [0.5, 0.6) is 0 Å². The predicted octanol–water partition coefficient (Wildman–Crippen LogP) is -0.157. The van der Waals surface area contributed by atoms with Crippen LogP contribution < -0.4 is 0 Å². The maximum absolute atomic E-state index is 11.3. The highest BCUT2D eigenvalue weighted by Crippen LogP contribution is 2.02. The first-order valence-electron chi connectivity index (χ1n) is 7.03. The van der Waals surface area contributed by atoms with E-state index >= 15 is 0 Å². The van der Waals surface area contributed by atoms with E-state index in [-0.39, 0.29) is 39.6 Å². The van der Waals surface area contributed by atoms with Crippen molar-refractivity contribution in [2.24, 2.45) is 0 Å². The third kappa shape index (κ3) is 15.9. The Hall–Kier alpha value is -0.290. The van der Waals surface area contributed by atoms with Gasteiger partial charge in [-0.2, -0.15) is 8.42 Å². The van der Waals surface area contributed by atoms with Crippen molar-refractivity contribution >= 4 is 10.4 Å². The fourth-order valence-electron chi connectivity index (χ4n) is 1.30. The monoisotopic (exact) mass is 330 g/mol. The van der Waals surface area contributed by atoms with Gasteiger partial charge in [0.15, 0.2) is 0 Å². The second-order valence-corrected chi connectivity index (χ2v) is 5.43. The van der Waals surface area contributed by atoms with Crippen molar-refractivity contribution in [2.75, 3.05) is 52.9 Å². The van der Waals surface area contributed by atoms with Gasteiger partial charge in [-0.1, -0.05) is 0 Å². The van der Waals surface area contributed by atoms with Gasteiger partial charge >= 0.3 is 10.4 Å². The van der Waals surface area contributed by atoms with E-state index in [9.17, 15) is 8.42 Å². The Bertz CT molecular complexity index is 282. The van der Waals surface area contributed by atoms with Crippen molar-refractivity contribution in [1.29, 1.82) is 0 Å². The highest BCUT2D eigenvalue weighted by atomic mass is 32.3. The first kappa shape index (κ1) is 20.7. The molecule has 0 aliphatic heterocycles. The van der Waals surface area contributed by atoms with Gasteiger partial charge in [-0.05, 0) is 25.7 Å². The molecule has 9 heteroatoms. The van der Waals surface area contributed by atoms with Crippen LogP contribution in [0, 0.1) is 0 Å². The van der Waals surface area contributed by atoms with E-state index in [1.807, 2.05) is 0 Å². The molecule has 0 aromatic heterocycles. The minimum Gasteiger partial charge on any atom is -0.394 e. The van der Waals surface area contributed by atoms with E-state index in [0.29, 0.717) is 38.9 Å². The maximum Gasteiger partial charge on any atom is 0.399 e. The lowest BCUT2D eigenvalue weighted by Crippen LogP contribution is -2.13. The maximum atomic E-state index is 11.3. The quantitative estimate of drug-likeness (QED) is 0.376. The fourth-order valence-corrected chi connectivity index (χ4v) is 2.01. The van der Waals surface area contributed by atoms with Gasteiger partial charge in [-0.15, -0.1) is 0 Å². The summed E-state index contributed by atoms with van der Waals surface area (Å²) in [6.07, 6.45) is 2.36. The predicted molar refractivity (Wildman–Crippen MR) is 75.1 cm³/mol. The summed E-state index contributed by atoms with van der Waals surface area (Å²) in [7, 11) is -3.94. The molecule has 0 aliphatic rings. The molecule has 128 valence electrons. The molecule has 0 spiro atoms. The summed E-state index contributed by atoms with van der Waals surface area (Å²) in [5, 5.41) is 16.9. The summed E-state index contributed by atoms with van der Waals surface area (Å²) in [4.78, 5) is 0. The zero-order valence-corrected chi connectivity index (χ0v) is 13.1. The Kier molecular flexibility index (Phi) is 14.4. The molecule has 0 radical (unpaired) electrons. The summed E-state index contributed by atoms with van der Waals surface area (Å²) in [5.41, 5.74) is 0. The normalized spacial score (nSPS) is 11.9. The zero-order valence-electron chi connectivity index (χ0n) is 12.2. The Labute approximate surface area is 126 Å². The van der Waals surface area contributed by atoms with Gasteiger partial charge in [0.25, 0.3) is 0 Å². The van der Waals surface area contributed by atoms with Gasteiger partial charge < -0.3 is 19.7 Å². The van der Waals surface area contributed by atoms with E-state index < -0.39 is 10.4 Å². The second-order valence-electron chi connectivity index (χ2n) is 4.14. The first-order valence-corrected chi connectivity index (χ1v) is 8.36. The average Bonchev–Trinajstić information content (AvgIpc) is 2.45. The molecule has 0 fully saturated rings. The molecular weight excluding hydrogens is 304 g/mol. The van der Waals surface area contributed by atoms with Gasteiger partial charge in [-0.3, -0.25) is 0 Å². The van der Waals surface area contributed by atoms with Crippen LogP contribution in [-0.4, -0.2) is 71.5 Å². The molecule has 0 unspecified atom stereocenters. The summed E-state index contributed by atoms with van der Waals surface area (Å²) in [5.74, 6) is 0. The summed E-state index contributed by atoms with van der Waals surface area (Å²) < 4.78 is 42.0. The Balaban J connectivity index is 3.39. The van der Waals surface area contributed by atoms with Crippen LogP contribution >= 0.6 is 0 Å². The molecule has 21 heavy (non-hydrogen) atoms. The summed E-state index contributed by atoms with van der Waals surface area (Å²) in [6.45, 7) is 1.52. The lowest BCUT2D eigenvalue weighted by atomic mass is 10.3. The molecule has 0 aromatic carbocycles. The molecule has 8 nitrogen and oxygen atoms in total. The standard InChI is InChI=1S/C12H26O8S/c13-5-11-17-7-1-3-9-19-21(15,16)20-10-4-2-8-18-12-6-14/h13-14H,1-12H2. The minimum absolute atomic E-state index is 0.0240. The van der Waals surface area contributed by atoms with Crippen LogP contribution in [0.3, 0.4) is 0 Å². The lowest BCUT2D eigenvalue weighted by Gasteiger charge is -2.06. The fraction of sp³-hybridized carbons (Fsp3) is 1.00. The van der Waals surface area contributed by atoms with Gasteiger partial charge in [0.2, 0.25) is 0 Å². The van der Waals surface area contributed by atoms with Crippen molar-refractivity contribution in [3.05, 3.63) is 0 Å². The number of rotatable bonds is 16. The lowest BCUT2D eigenvalue weighted by molar-refractivity contribution is 0.0857. The van der Waals surface area contributed by atoms with Crippen LogP contribution in [0.25, 0.3) is 0 Å². The van der Waals surface area contributed by atoms with Crippen molar-refractivity contribution < 1.29 is 36.5 Å². The summed E-state index contributed by atoms with van der Waals surface area (Å²) in [6, 6.07) is 0. The molecule has 0 heterocycles. The van der Waals surface area contributed by atoms with Crippen molar-refractivity contribution in [2.45, 2.75) is 25.7 Å². The van der Waals surface area contributed by atoms with Gasteiger partial charge in [0.05, 0.1) is 39.6 Å². The molecule has 0 saturated heterocycles. The van der Waals surface area contributed by atoms with Gasteiger partial charge in [0.1, 0.15) is 0 Å². The Morgan fingerprint density at radius 1 is 0.619 bits per heavy atom. The SMILES string of the molecule is O=S(=O)(OCCCCOCCO)OCCCCOCCO. The van der Waals surface area contributed by atoms with E-state index in [1.165, 1.54) is 0 Å². The van der Waals surface area contributed by atoms with Crippen molar-refractivity contribution in [3.63, 3.8) is 0 Å². The molecular formula is C12H26O8S. The minimum atomic E-state index is -3.94. The second kappa shape index (κ2) is 14.6. The van der Waals surface area contributed by atoms with Crippen LogP contribution in [0.15, 0.2) is 0 Å². The Morgan fingerprint density at radius 2 is 1.00 bits per heavy atom. The van der Waals surface area contributed by atoms with E-state index in [4.69, 9.17) is 19.7 Å². The van der Waals surface area contributed by atoms with Gasteiger partial charge in [-0.25, -0.2) is 8.37 Å². The van der Waals surface area contributed by atoms with Crippen LogP contribution in [0.1, 0.15) is 25.7 Å². The first-order chi connectivity index (χ1) is 10.1. The molecule has 2 N–H and O–H groups in total. The molecule has 0 bridgehead atoms. The smallest absolute Gasteiger partial charge is 0.394 e. The van der Waals surface area contributed by atoms with E-state index in [1.54, 1.807) is 0 Å². The topological polar surface area (TPSA) is 112 Å². The number of aliphatic hydroxyl groups is 2. The molecule has 0 saturated carbocycles. The van der Waals surface area contributed by atoms with E-state index in [0.717, 1.165) is 0 Å². The third-order valence-electron chi connectivity index (χ3n) is 2.29. The Morgan fingerprint density at radius 3 is 1.38 bits per heavy atom. The molecule has 0 aliphatic carbocycles. The highest BCUT2D eigenvalue weighted by molar-refractivity contribution is 7.81.